The summed E-state index contributed by atoms with van der Waals surface area (Å²) in [4.78, 5) is 38.4. The number of imidazole rings is 1. The number of hydrogen-bond acceptors (Lipinski definition) is 8. The van der Waals surface area contributed by atoms with E-state index in [1.54, 1.807) is 17.7 Å². The highest BCUT2D eigenvalue weighted by Crippen LogP contribution is 2.28. The number of benzene rings is 2. The van der Waals surface area contributed by atoms with Crippen molar-refractivity contribution in [2.24, 2.45) is 13.0 Å². The molecule has 214 valence electrons. The van der Waals surface area contributed by atoms with Gasteiger partial charge in [-0.25, -0.2) is 9.97 Å². The van der Waals surface area contributed by atoms with Gasteiger partial charge in [0.2, 0.25) is 12.2 Å². The molecule has 0 radical (unpaired) electrons. The van der Waals surface area contributed by atoms with E-state index in [0.29, 0.717) is 36.1 Å². The predicted molar refractivity (Wildman–Crippen MR) is 168 cm³/mol. The van der Waals surface area contributed by atoms with Gasteiger partial charge in [0.25, 0.3) is 0 Å². The molecule has 2 aromatic carbocycles. The predicted octanol–water partition coefficient (Wildman–Crippen LogP) is 5.80. The van der Waals surface area contributed by atoms with Crippen molar-refractivity contribution in [1.82, 2.24) is 24.4 Å². The number of halogens is 2. The lowest BCUT2D eigenvalue weighted by atomic mass is 9.92. The van der Waals surface area contributed by atoms with Crippen LogP contribution < -0.4 is 10.6 Å². The average molecular weight is 686 g/mol. The number of amides is 1. The molecule has 13 heteroatoms. The standard InChI is InChI=1S/C28H29BrN8O3.BrH/c1-35-18-32-28(37(39)40)25(35)14-19-9-12-36(13-10-19)11-3-6-26(38)33-22-7-8-24-23(16-22)27(31-17-30-24)34-21-5-2-4-20(29)15-21;/h2-8,15-19H,9-14H2,1H3,(H,33,38)(H,30,31,34);1H/b6-3+;. The van der Waals surface area contributed by atoms with Crippen LogP contribution in [0.15, 0.2) is 71.7 Å². The van der Waals surface area contributed by atoms with Crippen LogP contribution in [0.5, 0.6) is 0 Å². The van der Waals surface area contributed by atoms with Gasteiger partial charge < -0.3 is 25.3 Å². The number of aryl methyl sites for hydroxylation is 1. The van der Waals surface area contributed by atoms with E-state index in [2.05, 4.69) is 46.4 Å². The lowest BCUT2D eigenvalue weighted by molar-refractivity contribution is -0.390. The summed E-state index contributed by atoms with van der Waals surface area (Å²) >= 11 is 3.48. The molecule has 0 saturated carbocycles. The third kappa shape index (κ3) is 7.75. The Balaban J connectivity index is 0.00000387. The van der Waals surface area contributed by atoms with Gasteiger partial charge in [0.15, 0.2) is 0 Å². The van der Waals surface area contributed by atoms with Crippen LogP contribution in [0.3, 0.4) is 0 Å². The molecular formula is C28H30Br2N8O3. The molecule has 1 fully saturated rings. The van der Waals surface area contributed by atoms with E-state index in [-0.39, 0.29) is 28.7 Å². The molecular weight excluding hydrogens is 656 g/mol. The molecule has 5 rings (SSSR count). The molecule has 1 amide bonds. The van der Waals surface area contributed by atoms with Gasteiger partial charge in [-0.15, -0.1) is 17.0 Å². The van der Waals surface area contributed by atoms with E-state index < -0.39 is 4.92 Å². The number of rotatable bonds is 9. The van der Waals surface area contributed by atoms with Crippen molar-refractivity contribution in [2.45, 2.75) is 19.3 Å². The van der Waals surface area contributed by atoms with Gasteiger partial charge in [-0.2, -0.15) is 0 Å². The maximum absolute atomic E-state index is 12.6. The second-order valence-electron chi connectivity index (χ2n) is 9.81. The summed E-state index contributed by atoms with van der Waals surface area (Å²) < 4.78 is 2.70. The number of hydrogen-bond donors (Lipinski definition) is 2. The summed E-state index contributed by atoms with van der Waals surface area (Å²) in [5.41, 5.74) is 2.98. The summed E-state index contributed by atoms with van der Waals surface area (Å²) in [6.07, 6.45) is 8.97. The van der Waals surface area contributed by atoms with Gasteiger partial charge in [0.1, 0.15) is 17.8 Å². The molecule has 0 aliphatic carbocycles. The second kappa shape index (κ2) is 13.8. The highest BCUT2D eigenvalue weighted by molar-refractivity contribution is 9.10. The minimum atomic E-state index is -0.411. The Kier molecular flexibility index (Phi) is 10.2. The number of aromatic nitrogens is 4. The second-order valence-corrected chi connectivity index (χ2v) is 10.7. The largest absolute Gasteiger partial charge is 0.384 e. The molecule has 41 heavy (non-hydrogen) atoms. The van der Waals surface area contributed by atoms with Gasteiger partial charge in [0, 0.05) is 40.9 Å². The fourth-order valence-corrected chi connectivity index (χ4v) is 5.31. The molecule has 1 saturated heterocycles. The highest BCUT2D eigenvalue weighted by Gasteiger charge is 2.26. The smallest absolute Gasteiger partial charge is 0.358 e. The zero-order chi connectivity index (χ0) is 28.1. The fourth-order valence-electron chi connectivity index (χ4n) is 4.91. The highest BCUT2D eigenvalue weighted by atomic mass is 79.9. The first-order valence-electron chi connectivity index (χ1n) is 13.0. The molecule has 2 N–H and O–H groups in total. The maximum atomic E-state index is 12.6. The summed E-state index contributed by atoms with van der Waals surface area (Å²) in [7, 11) is 1.80. The molecule has 1 aliphatic heterocycles. The van der Waals surface area contributed by atoms with E-state index in [0.717, 1.165) is 47.0 Å². The van der Waals surface area contributed by atoms with E-state index in [1.807, 2.05) is 48.5 Å². The van der Waals surface area contributed by atoms with Crippen molar-refractivity contribution >= 4 is 72.7 Å². The SMILES string of the molecule is Br.Cn1cnc([N+](=O)[O-])c1CC1CCN(C/C=C/C(=O)Nc2ccc3ncnc(Nc4cccc(Br)c4)c3c2)CC1. The third-order valence-corrected chi connectivity index (χ3v) is 7.52. The number of piperidine rings is 1. The van der Waals surface area contributed by atoms with Crippen LogP contribution in [0.1, 0.15) is 18.5 Å². The van der Waals surface area contributed by atoms with Crippen molar-refractivity contribution in [3.8, 4) is 0 Å². The summed E-state index contributed by atoms with van der Waals surface area (Å²) in [5.74, 6) is 0.763. The van der Waals surface area contributed by atoms with Crippen LogP contribution in [0.4, 0.5) is 23.0 Å². The molecule has 4 aromatic rings. The van der Waals surface area contributed by atoms with Gasteiger partial charge in [0.05, 0.1) is 5.52 Å². The van der Waals surface area contributed by atoms with Crippen LogP contribution in [0, 0.1) is 16.0 Å². The molecule has 11 nitrogen and oxygen atoms in total. The number of likely N-dealkylation sites (tertiary alicyclic amines) is 1. The van der Waals surface area contributed by atoms with Crippen LogP contribution in [0.25, 0.3) is 10.9 Å². The lowest BCUT2D eigenvalue weighted by Crippen LogP contribution is -2.34. The Morgan fingerprint density at radius 1 is 1.15 bits per heavy atom. The van der Waals surface area contributed by atoms with Crippen LogP contribution >= 0.6 is 32.9 Å². The lowest BCUT2D eigenvalue weighted by Gasteiger charge is -2.31. The zero-order valence-corrected chi connectivity index (χ0v) is 25.7. The Morgan fingerprint density at radius 3 is 2.71 bits per heavy atom. The summed E-state index contributed by atoms with van der Waals surface area (Å²) in [6.45, 7) is 2.42. The molecule has 0 spiro atoms. The van der Waals surface area contributed by atoms with Crippen LogP contribution in [-0.2, 0) is 18.3 Å². The first kappa shape index (κ1) is 30.3. The number of nitro groups is 1. The molecule has 0 atom stereocenters. The fraction of sp³-hybridized carbons (Fsp3) is 0.286. The van der Waals surface area contributed by atoms with Crippen molar-refractivity contribution in [1.29, 1.82) is 0 Å². The van der Waals surface area contributed by atoms with E-state index in [9.17, 15) is 14.9 Å². The van der Waals surface area contributed by atoms with E-state index in [4.69, 9.17) is 0 Å². The number of carbonyl (C=O) groups excluding carboxylic acids is 1. The van der Waals surface area contributed by atoms with Gasteiger partial charge in [-0.1, -0.05) is 28.1 Å². The average Bonchev–Trinajstić information content (AvgIpc) is 3.30. The Bertz CT molecular complexity index is 1570. The van der Waals surface area contributed by atoms with Crippen LogP contribution in [0.2, 0.25) is 0 Å². The van der Waals surface area contributed by atoms with E-state index in [1.165, 1.54) is 12.7 Å². The number of fused-ring (bicyclic) bond motifs is 1. The molecule has 0 unspecified atom stereocenters. The summed E-state index contributed by atoms with van der Waals surface area (Å²) in [6, 6.07) is 13.3. The van der Waals surface area contributed by atoms with Crippen LogP contribution in [-0.4, -0.2) is 54.9 Å². The quantitative estimate of drug-likeness (QED) is 0.128. The zero-order valence-electron chi connectivity index (χ0n) is 22.4. The van der Waals surface area contributed by atoms with Gasteiger partial charge >= 0.3 is 5.82 Å². The monoisotopic (exact) mass is 684 g/mol. The number of anilines is 3. The van der Waals surface area contributed by atoms with Crippen molar-refractivity contribution < 1.29 is 9.72 Å². The molecule has 3 heterocycles. The first-order valence-corrected chi connectivity index (χ1v) is 13.8. The minimum absolute atomic E-state index is 0. The van der Waals surface area contributed by atoms with Gasteiger partial charge in [-0.3, -0.25) is 9.69 Å². The first-order chi connectivity index (χ1) is 19.4. The Hall–Kier alpha value is -3.68. The minimum Gasteiger partial charge on any atom is -0.358 e. The number of nitrogens with zero attached hydrogens (tertiary/aromatic N) is 6. The Morgan fingerprint density at radius 2 is 1.95 bits per heavy atom. The molecule has 0 bridgehead atoms. The summed E-state index contributed by atoms with van der Waals surface area (Å²) in [5, 5.41) is 18.3. The van der Waals surface area contributed by atoms with Crippen molar-refractivity contribution in [3.63, 3.8) is 0 Å². The van der Waals surface area contributed by atoms with Crippen molar-refractivity contribution in [2.75, 3.05) is 30.3 Å². The Labute approximate surface area is 256 Å². The topological polar surface area (TPSA) is 131 Å². The van der Waals surface area contributed by atoms with Crippen molar-refractivity contribution in [3.05, 3.63) is 87.6 Å². The third-order valence-electron chi connectivity index (χ3n) is 7.02. The van der Waals surface area contributed by atoms with Gasteiger partial charge in [-0.05, 0) is 84.6 Å². The number of nitrogens with one attached hydrogen (secondary N) is 2. The number of carbonyl (C=O) groups is 1. The van der Waals surface area contributed by atoms with E-state index >= 15 is 0 Å². The molecule has 1 aliphatic rings. The molecule has 2 aromatic heterocycles. The maximum Gasteiger partial charge on any atom is 0.384 e. The normalized spacial score (nSPS) is 14.2.